The van der Waals surface area contributed by atoms with Crippen LogP contribution in [-0.2, 0) is 4.74 Å². The molecule has 0 aliphatic carbocycles. The van der Waals surface area contributed by atoms with Gasteiger partial charge in [-0.05, 0) is 57.3 Å². The van der Waals surface area contributed by atoms with Gasteiger partial charge in [0.05, 0.1) is 0 Å². The third kappa shape index (κ3) is 3.57. The number of ether oxygens (including phenoxy) is 1. The van der Waals surface area contributed by atoms with E-state index < -0.39 is 0 Å². The van der Waals surface area contributed by atoms with Crippen LogP contribution in [0.2, 0.25) is 0 Å². The van der Waals surface area contributed by atoms with Gasteiger partial charge in [-0.2, -0.15) is 0 Å². The Kier molecular flexibility index (Phi) is 5.39. The molecule has 1 atom stereocenters. The lowest BCUT2D eigenvalue weighted by Crippen LogP contribution is -2.40. The van der Waals surface area contributed by atoms with Gasteiger partial charge in [0.25, 0.3) is 0 Å². The maximum absolute atomic E-state index is 6.05. The number of aryl methyl sites for hydroxylation is 2. The van der Waals surface area contributed by atoms with Crippen molar-refractivity contribution in [1.29, 1.82) is 0 Å². The minimum absolute atomic E-state index is 0.397. The minimum Gasteiger partial charge on any atom is -0.384 e. The molecule has 3 nitrogen and oxygen atoms in total. The third-order valence-corrected chi connectivity index (χ3v) is 5.14. The first-order valence-corrected chi connectivity index (χ1v) is 7.97. The first kappa shape index (κ1) is 15.0. The average Bonchev–Trinajstić information content (AvgIpc) is 2.72. The van der Waals surface area contributed by atoms with E-state index in [1.165, 1.54) is 28.2 Å². The van der Waals surface area contributed by atoms with Crippen molar-refractivity contribution in [2.24, 2.45) is 11.7 Å². The zero-order valence-electron chi connectivity index (χ0n) is 12.3. The molecule has 1 aromatic rings. The van der Waals surface area contributed by atoms with E-state index in [4.69, 9.17) is 10.5 Å². The number of nitrogens with zero attached hydrogens (tertiary/aromatic N) is 1. The number of hydrogen-bond acceptors (Lipinski definition) is 4. The highest BCUT2D eigenvalue weighted by Crippen LogP contribution is 2.32. The lowest BCUT2D eigenvalue weighted by Gasteiger charge is -2.37. The largest absolute Gasteiger partial charge is 0.384 e. The Labute approximate surface area is 120 Å². The Morgan fingerprint density at radius 3 is 2.58 bits per heavy atom. The zero-order chi connectivity index (χ0) is 13.8. The lowest BCUT2D eigenvalue weighted by molar-refractivity contribution is 0.0810. The summed E-state index contributed by atoms with van der Waals surface area (Å²) < 4.78 is 5.27. The molecular weight excluding hydrogens is 256 g/mol. The number of likely N-dealkylation sites (tertiary alicyclic amines) is 1. The van der Waals surface area contributed by atoms with Crippen LogP contribution >= 0.6 is 11.3 Å². The van der Waals surface area contributed by atoms with Crippen molar-refractivity contribution in [2.45, 2.75) is 32.7 Å². The van der Waals surface area contributed by atoms with E-state index in [1.807, 2.05) is 11.3 Å². The fourth-order valence-electron chi connectivity index (χ4n) is 3.12. The highest BCUT2D eigenvalue weighted by Gasteiger charge is 2.26. The van der Waals surface area contributed by atoms with E-state index >= 15 is 0 Å². The van der Waals surface area contributed by atoms with Gasteiger partial charge in [-0.1, -0.05) is 0 Å². The maximum atomic E-state index is 6.05. The average molecular weight is 282 g/mol. The molecule has 0 radical (unpaired) electrons. The summed E-state index contributed by atoms with van der Waals surface area (Å²) in [6, 6.07) is 2.71. The summed E-state index contributed by atoms with van der Waals surface area (Å²) in [5.74, 6) is 0.727. The van der Waals surface area contributed by atoms with Crippen LogP contribution in [0.1, 0.15) is 34.2 Å². The highest BCUT2D eigenvalue weighted by atomic mass is 32.1. The SMILES string of the molecule is COCC1CCN(C(CN)c2cc(C)sc2C)CC1. The van der Waals surface area contributed by atoms with Gasteiger partial charge in [0.1, 0.15) is 0 Å². The third-order valence-electron chi connectivity index (χ3n) is 4.15. The van der Waals surface area contributed by atoms with Crippen LogP contribution in [0.25, 0.3) is 0 Å². The van der Waals surface area contributed by atoms with E-state index in [0.717, 1.165) is 25.6 Å². The molecule has 1 fully saturated rings. The standard InChI is InChI=1S/C15H26N2OS/c1-11-8-14(12(2)19-11)15(9-16)17-6-4-13(5-7-17)10-18-3/h8,13,15H,4-7,9-10,16H2,1-3H3. The van der Waals surface area contributed by atoms with Crippen LogP contribution in [0.5, 0.6) is 0 Å². The Hall–Kier alpha value is -0.420. The van der Waals surface area contributed by atoms with Gasteiger partial charge in [-0.3, -0.25) is 4.90 Å². The van der Waals surface area contributed by atoms with Crippen molar-refractivity contribution in [1.82, 2.24) is 4.90 Å². The predicted octanol–water partition coefficient (Wildman–Crippen LogP) is 2.72. The van der Waals surface area contributed by atoms with Gasteiger partial charge in [-0.25, -0.2) is 0 Å². The number of piperidine rings is 1. The fraction of sp³-hybridized carbons (Fsp3) is 0.733. The molecule has 1 aliphatic heterocycles. The number of rotatable bonds is 5. The number of nitrogens with two attached hydrogens (primary N) is 1. The second-order valence-electron chi connectivity index (χ2n) is 5.55. The molecule has 2 N–H and O–H groups in total. The zero-order valence-corrected chi connectivity index (χ0v) is 13.1. The maximum Gasteiger partial charge on any atom is 0.0491 e. The molecule has 0 saturated carbocycles. The molecule has 4 heteroatoms. The molecule has 108 valence electrons. The van der Waals surface area contributed by atoms with Gasteiger partial charge >= 0.3 is 0 Å². The van der Waals surface area contributed by atoms with E-state index in [2.05, 4.69) is 24.8 Å². The first-order valence-electron chi connectivity index (χ1n) is 7.15. The monoisotopic (exact) mass is 282 g/mol. The molecule has 0 spiro atoms. The Morgan fingerprint density at radius 2 is 2.11 bits per heavy atom. The quantitative estimate of drug-likeness (QED) is 0.902. The van der Waals surface area contributed by atoms with Crippen molar-refractivity contribution in [2.75, 3.05) is 33.4 Å². The van der Waals surface area contributed by atoms with Crippen LogP contribution in [-0.4, -0.2) is 38.3 Å². The summed E-state index contributed by atoms with van der Waals surface area (Å²) >= 11 is 1.88. The fourth-order valence-corrected chi connectivity index (χ4v) is 4.10. The van der Waals surface area contributed by atoms with E-state index in [9.17, 15) is 0 Å². The van der Waals surface area contributed by atoms with E-state index in [0.29, 0.717) is 12.6 Å². The molecule has 2 rings (SSSR count). The predicted molar refractivity (Wildman–Crippen MR) is 81.8 cm³/mol. The summed E-state index contributed by atoms with van der Waals surface area (Å²) in [6.45, 7) is 8.30. The molecule has 19 heavy (non-hydrogen) atoms. The van der Waals surface area contributed by atoms with Crippen molar-refractivity contribution in [3.8, 4) is 0 Å². The molecular formula is C15H26N2OS. The summed E-state index contributed by atoms with van der Waals surface area (Å²) in [4.78, 5) is 5.37. The first-order chi connectivity index (χ1) is 9.15. The van der Waals surface area contributed by atoms with Gasteiger partial charge in [0.2, 0.25) is 0 Å². The molecule has 1 unspecified atom stereocenters. The number of methoxy groups -OCH3 is 1. The van der Waals surface area contributed by atoms with E-state index in [1.54, 1.807) is 7.11 Å². The van der Waals surface area contributed by atoms with Crippen LogP contribution in [0, 0.1) is 19.8 Å². The molecule has 0 bridgehead atoms. The normalized spacial score (nSPS) is 19.8. The Morgan fingerprint density at radius 1 is 1.42 bits per heavy atom. The molecule has 0 amide bonds. The van der Waals surface area contributed by atoms with Crippen LogP contribution in [0.3, 0.4) is 0 Å². The molecule has 1 aromatic heterocycles. The van der Waals surface area contributed by atoms with Crippen molar-refractivity contribution in [3.63, 3.8) is 0 Å². The molecule has 2 heterocycles. The highest BCUT2D eigenvalue weighted by molar-refractivity contribution is 7.12. The smallest absolute Gasteiger partial charge is 0.0491 e. The van der Waals surface area contributed by atoms with Crippen LogP contribution in [0.15, 0.2) is 6.07 Å². The summed E-state index contributed by atoms with van der Waals surface area (Å²) in [5.41, 5.74) is 7.49. The van der Waals surface area contributed by atoms with Crippen molar-refractivity contribution in [3.05, 3.63) is 21.4 Å². The number of thiophene rings is 1. The second kappa shape index (κ2) is 6.84. The van der Waals surface area contributed by atoms with Gasteiger partial charge in [0, 0.05) is 36.1 Å². The van der Waals surface area contributed by atoms with E-state index in [-0.39, 0.29) is 0 Å². The summed E-state index contributed by atoms with van der Waals surface area (Å²) in [6.07, 6.45) is 2.46. The van der Waals surface area contributed by atoms with Crippen LogP contribution < -0.4 is 5.73 Å². The Bertz CT molecular complexity index is 397. The summed E-state index contributed by atoms with van der Waals surface area (Å²) in [5, 5.41) is 0. The minimum atomic E-state index is 0.397. The van der Waals surface area contributed by atoms with Gasteiger partial charge in [0.15, 0.2) is 0 Å². The van der Waals surface area contributed by atoms with Crippen molar-refractivity contribution >= 4 is 11.3 Å². The van der Waals surface area contributed by atoms with Crippen LogP contribution in [0.4, 0.5) is 0 Å². The lowest BCUT2D eigenvalue weighted by atomic mass is 9.95. The second-order valence-corrected chi connectivity index (χ2v) is 7.02. The van der Waals surface area contributed by atoms with Crippen molar-refractivity contribution < 1.29 is 4.74 Å². The molecule has 1 aliphatic rings. The van der Waals surface area contributed by atoms with Gasteiger partial charge < -0.3 is 10.5 Å². The van der Waals surface area contributed by atoms with Gasteiger partial charge in [-0.15, -0.1) is 11.3 Å². The summed E-state index contributed by atoms with van der Waals surface area (Å²) in [7, 11) is 1.80. The molecule has 0 aromatic carbocycles. The molecule has 1 saturated heterocycles. The topological polar surface area (TPSA) is 38.5 Å². The number of hydrogen-bond donors (Lipinski definition) is 1. The Balaban J connectivity index is 2.01.